The third kappa shape index (κ3) is 2.56. The van der Waals surface area contributed by atoms with Crippen LogP contribution in [-0.2, 0) is 0 Å². The molecule has 0 spiro atoms. The normalized spacial score (nSPS) is 36.9. The lowest BCUT2D eigenvalue weighted by atomic mass is 9.95. The molecule has 0 bridgehead atoms. The summed E-state index contributed by atoms with van der Waals surface area (Å²) in [7, 11) is 0. The predicted octanol–water partition coefficient (Wildman–Crippen LogP) is 1.77. The summed E-state index contributed by atoms with van der Waals surface area (Å²) in [4.78, 5) is 2.46. The number of nitrogens with zero attached hydrogens (tertiary/aromatic N) is 2. The van der Waals surface area contributed by atoms with Crippen molar-refractivity contribution in [1.82, 2.24) is 4.90 Å². The van der Waals surface area contributed by atoms with Gasteiger partial charge in [-0.15, -0.1) is 0 Å². The van der Waals surface area contributed by atoms with Crippen LogP contribution >= 0.6 is 0 Å². The topological polar surface area (TPSA) is 47.3 Å². The van der Waals surface area contributed by atoms with Gasteiger partial charge in [-0.2, -0.15) is 5.26 Å². The minimum atomic E-state index is 0.222. The molecule has 1 N–H and O–H groups in total. The van der Waals surface area contributed by atoms with E-state index in [1.54, 1.807) is 0 Å². The molecular formula is C13H22N2O. The molecule has 1 saturated heterocycles. The zero-order valence-corrected chi connectivity index (χ0v) is 9.94. The highest BCUT2D eigenvalue weighted by Gasteiger charge is 2.33. The number of hydrogen-bond donors (Lipinski definition) is 1. The molecular weight excluding hydrogens is 200 g/mol. The lowest BCUT2D eigenvalue weighted by molar-refractivity contribution is 0.167. The summed E-state index contributed by atoms with van der Waals surface area (Å²) < 4.78 is 0. The van der Waals surface area contributed by atoms with Crippen LogP contribution in [0.4, 0.5) is 0 Å². The number of nitriles is 1. The maximum absolute atomic E-state index is 9.24. The summed E-state index contributed by atoms with van der Waals surface area (Å²) in [6, 6.07) is 2.96. The van der Waals surface area contributed by atoms with Gasteiger partial charge in [0.15, 0.2) is 0 Å². The van der Waals surface area contributed by atoms with Gasteiger partial charge >= 0.3 is 0 Å². The summed E-state index contributed by atoms with van der Waals surface area (Å²) in [5, 5.41) is 18.4. The van der Waals surface area contributed by atoms with Crippen LogP contribution in [0.2, 0.25) is 0 Å². The molecule has 2 rings (SSSR count). The second-order valence-corrected chi connectivity index (χ2v) is 5.27. The Morgan fingerprint density at radius 2 is 2.00 bits per heavy atom. The minimum Gasteiger partial charge on any atom is -0.396 e. The van der Waals surface area contributed by atoms with E-state index in [1.165, 1.54) is 25.7 Å². The molecule has 16 heavy (non-hydrogen) atoms. The summed E-state index contributed by atoms with van der Waals surface area (Å²) in [6.45, 7) is 2.38. The van der Waals surface area contributed by atoms with Gasteiger partial charge in [0.25, 0.3) is 0 Å². The molecule has 3 atom stereocenters. The van der Waals surface area contributed by atoms with Crippen molar-refractivity contribution in [3.63, 3.8) is 0 Å². The highest BCUT2D eigenvalue weighted by molar-refractivity contribution is 4.96. The van der Waals surface area contributed by atoms with E-state index in [1.807, 2.05) is 0 Å². The van der Waals surface area contributed by atoms with Crippen LogP contribution in [0.15, 0.2) is 0 Å². The average Bonchev–Trinajstić information content (AvgIpc) is 2.66. The van der Waals surface area contributed by atoms with Gasteiger partial charge in [-0.25, -0.2) is 0 Å². The first-order valence-electron chi connectivity index (χ1n) is 6.59. The number of likely N-dealkylation sites (tertiary alicyclic amines) is 1. The van der Waals surface area contributed by atoms with Gasteiger partial charge in [0.1, 0.15) is 0 Å². The maximum Gasteiger partial charge on any atom is 0.0672 e. The zero-order chi connectivity index (χ0) is 11.4. The Bertz CT molecular complexity index is 261. The maximum atomic E-state index is 9.24. The Morgan fingerprint density at radius 1 is 1.19 bits per heavy atom. The molecule has 0 aromatic carbocycles. The zero-order valence-electron chi connectivity index (χ0n) is 9.94. The van der Waals surface area contributed by atoms with Crippen molar-refractivity contribution in [2.45, 2.75) is 44.6 Å². The number of rotatable bonds is 2. The SMILES string of the molecule is N#CC1CCCCCC1N1CCC(CO)C1. The summed E-state index contributed by atoms with van der Waals surface area (Å²) in [5.74, 6) is 0.669. The predicted molar refractivity (Wildman–Crippen MR) is 62.7 cm³/mol. The first-order chi connectivity index (χ1) is 7.85. The second-order valence-electron chi connectivity index (χ2n) is 5.27. The van der Waals surface area contributed by atoms with Crippen molar-refractivity contribution < 1.29 is 5.11 Å². The fraction of sp³-hybridized carbons (Fsp3) is 0.923. The molecule has 3 heteroatoms. The van der Waals surface area contributed by atoms with Gasteiger partial charge in [-0.3, -0.25) is 4.90 Å². The molecule has 3 unspecified atom stereocenters. The standard InChI is InChI=1S/C13H22N2O/c14-8-12-4-2-1-3-5-13(12)15-7-6-11(9-15)10-16/h11-13,16H,1-7,9-10H2. The highest BCUT2D eigenvalue weighted by atomic mass is 16.3. The third-order valence-corrected chi connectivity index (χ3v) is 4.19. The Kier molecular flexibility index (Phi) is 4.20. The Labute approximate surface area is 98.1 Å². The van der Waals surface area contributed by atoms with Crippen LogP contribution in [0.25, 0.3) is 0 Å². The monoisotopic (exact) mass is 222 g/mol. The van der Waals surface area contributed by atoms with Crippen molar-refractivity contribution in [2.75, 3.05) is 19.7 Å². The number of aliphatic hydroxyl groups excluding tert-OH is 1. The molecule has 2 aliphatic rings. The summed E-state index contributed by atoms with van der Waals surface area (Å²) >= 11 is 0. The van der Waals surface area contributed by atoms with Crippen LogP contribution in [0, 0.1) is 23.2 Å². The average molecular weight is 222 g/mol. The minimum absolute atomic E-state index is 0.222. The first-order valence-corrected chi connectivity index (χ1v) is 6.59. The fourth-order valence-electron chi connectivity index (χ4n) is 3.19. The van der Waals surface area contributed by atoms with E-state index in [9.17, 15) is 5.26 Å². The van der Waals surface area contributed by atoms with Crippen LogP contribution in [0.5, 0.6) is 0 Å². The van der Waals surface area contributed by atoms with Crippen molar-refractivity contribution in [1.29, 1.82) is 5.26 Å². The number of aliphatic hydroxyl groups is 1. The van der Waals surface area contributed by atoms with Gasteiger partial charge in [-0.1, -0.05) is 19.3 Å². The molecule has 1 saturated carbocycles. The molecule has 0 radical (unpaired) electrons. The van der Waals surface area contributed by atoms with Gasteiger partial charge in [0.2, 0.25) is 0 Å². The molecule has 90 valence electrons. The molecule has 0 aromatic rings. The highest BCUT2D eigenvalue weighted by Crippen LogP contribution is 2.30. The van der Waals surface area contributed by atoms with E-state index < -0.39 is 0 Å². The van der Waals surface area contributed by atoms with Crippen molar-refractivity contribution >= 4 is 0 Å². The Balaban J connectivity index is 1.98. The van der Waals surface area contributed by atoms with E-state index in [0.717, 1.165) is 25.9 Å². The van der Waals surface area contributed by atoms with Gasteiger partial charge in [0.05, 0.1) is 12.0 Å². The lowest BCUT2D eigenvalue weighted by Gasteiger charge is -2.30. The summed E-state index contributed by atoms with van der Waals surface area (Å²) in [5.41, 5.74) is 0. The van der Waals surface area contributed by atoms with Crippen LogP contribution in [0.1, 0.15) is 38.5 Å². The third-order valence-electron chi connectivity index (χ3n) is 4.19. The molecule has 0 amide bonds. The van der Waals surface area contributed by atoms with E-state index in [-0.39, 0.29) is 5.92 Å². The number of hydrogen-bond acceptors (Lipinski definition) is 3. The lowest BCUT2D eigenvalue weighted by Crippen LogP contribution is -2.38. The van der Waals surface area contributed by atoms with E-state index >= 15 is 0 Å². The van der Waals surface area contributed by atoms with Crippen molar-refractivity contribution in [3.05, 3.63) is 0 Å². The largest absolute Gasteiger partial charge is 0.396 e. The fourth-order valence-corrected chi connectivity index (χ4v) is 3.19. The van der Waals surface area contributed by atoms with E-state index in [0.29, 0.717) is 18.6 Å². The molecule has 1 aliphatic heterocycles. The van der Waals surface area contributed by atoms with Crippen molar-refractivity contribution in [2.24, 2.45) is 11.8 Å². The second kappa shape index (κ2) is 5.65. The quantitative estimate of drug-likeness (QED) is 0.724. The van der Waals surface area contributed by atoms with Gasteiger partial charge < -0.3 is 5.11 Å². The van der Waals surface area contributed by atoms with Gasteiger partial charge in [0, 0.05) is 19.2 Å². The molecule has 2 fully saturated rings. The van der Waals surface area contributed by atoms with Gasteiger partial charge in [-0.05, 0) is 31.7 Å². The Hall–Kier alpha value is -0.590. The van der Waals surface area contributed by atoms with Crippen LogP contribution in [-0.4, -0.2) is 35.7 Å². The molecule has 0 aromatic heterocycles. The molecule has 1 heterocycles. The van der Waals surface area contributed by atoms with Crippen molar-refractivity contribution in [3.8, 4) is 6.07 Å². The smallest absolute Gasteiger partial charge is 0.0672 e. The van der Waals surface area contributed by atoms with E-state index in [4.69, 9.17) is 5.11 Å². The van der Waals surface area contributed by atoms with Crippen LogP contribution < -0.4 is 0 Å². The van der Waals surface area contributed by atoms with Crippen LogP contribution in [0.3, 0.4) is 0 Å². The molecule has 3 nitrogen and oxygen atoms in total. The first kappa shape index (κ1) is 11.9. The molecule has 1 aliphatic carbocycles. The van der Waals surface area contributed by atoms with E-state index in [2.05, 4.69) is 11.0 Å². The Morgan fingerprint density at radius 3 is 2.69 bits per heavy atom. The summed E-state index contributed by atoms with van der Waals surface area (Å²) in [6.07, 6.45) is 7.12.